The molecule has 0 bridgehead atoms. The Balaban J connectivity index is 1.73. The van der Waals surface area contributed by atoms with Crippen LogP contribution in [0.5, 0.6) is 0 Å². The van der Waals surface area contributed by atoms with E-state index in [9.17, 15) is 9.59 Å². The molecular weight excluding hydrogens is 354 g/mol. The van der Waals surface area contributed by atoms with E-state index >= 15 is 0 Å². The smallest absolute Gasteiger partial charge is 0.240 e. The number of nitrogens with zero attached hydrogens (tertiary/aromatic N) is 4. The SMILES string of the molecule is CN(CC(=O)NC(C)(C)C)C(=O)CN1CCN(Cc2ccc(C#N)cc2)CC1. The van der Waals surface area contributed by atoms with Crippen molar-refractivity contribution in [3.05, 3.63) is 35.4 Å². The zero-order valence-corrected chi connectivity index (χ0v) is 17.4. The van der Waals surface area contributed by atoms with Crippen molar-refractivity contribution < 1.29 is 9.59 Å². The van der Waals surface area contributed by atoms with Crippen LogP contribution in [-0.2, 0) is 16.1 Å². The lowest BCUT2D eigenvalue weighted by Crippen LogP contribution is -2.51. The molecule has 1 aromatic carbocycles. The summed E-state index contributed by atoms with van der Waals surface area (Å²) in [4.78, 5) is 30.4. The number of hydrogen-bond acceptors (Lipinski definition) is 5. The summed E-state index contributed by atoms with van der Waals surface area (Å²) >= 11 is 0. The van der Waals surface area contributed by atoms with Crippen LogP contribution in [-0.4, -0.2) is 78.4 Å². The van der Waals surface area contributed by atoms with E-state index in [4.69, 9.17) is 5.26 Å². The normalized spacial score (nSPS) is 15.7. The van der Waals surface area contributed by atoms with E-state index in [0.29, 0.717) is 12.1 Å². The summed E-state index contributed by atoms with van der Waals surface area (Å²) in [6.07, 6.45) is 0. The number of likely N-dealkylation sites (N-methyl/N-ethyl adjacent to an activating group) is 1. The van der Waals surface area contributed by atoms with Crippen LogP contribution in [0.4, 0.5) is 0 Å². The number of benzene rings is 1. The van der Waals surface area contributed by atoms with Gasteiger partial charge in [0.2, 0.25) is 11.8 Å². The molecule has 152 valence electrons. The van der Waals surface area contributed by atoms with Gasteiger partial charge >= 0.3 is 0 Å². The Labute approximate surface area is 167 Å². The molecule has 0 spiro atoms. The first-order chi connectivity index (χ1) is 13.2. The number of carbonyl (C=O) groups is 2. The van der Waals surface area contributed by atoms with Gasteiger partial charge in [0.15, 0.2) is 0 Å². The molecule has 0 aliphatic carbocycles. The first-order valence-corrected chi connectivity index (χ1v) is 9.65. The number of hydrogen-bond donors (Lipinski definition) is 1. The van der Waals surface area contributed by atoms with Gasteiger partial charge in [0.25, 0.3) is 0 Å². The van der Waals surface area contributed by atoms with Gasteiger partial charge in [0.05, 0.1) is 24.7 Å². The van der Waals surface area contributed by atoms with E-state index in [1.165, 1.54) is 10.5 Å². The molecule has 1 saturated heterocycles. The van der Waals surface area contributed by atoms with Gasteiger partial charge in [-0.3, -0.25) is 19.4 Å². The van der Waals surface area contributed by atoms with E-state index < -0.39 is 0 Å². The highest BCUT2D eigenvalue weighted by Crippen LogP contribution is 2.10. The Hall–Kier alpha value is -2.43. The summed E-state index contributed by atoms with van der Waals surface area (Å²) in [5.41, 5.74) is 1.56. The zero-order valence-electron chi connectivity index (χ0n) is 17.4. The van der Waals surface area contributed by atoms with Gasteiger partial charge < -0.3 is 10.2 Å². The maximum Gasteiger partial charge on any atom is 0.240 e. The standard InChI is InChI=1S/C21H31N5O2/c1-21(2,3)23-19(27)15-24(4)20(28)16-26-11-9-25(10-12-26)14-18-7-5-17(13-22)6-8-18/h5-8H,9-12,14-16H2,1-4H3,(H,23,27). The molecule has 7 nitrogen and oxygen atoms in total. The van der Waals surface area contributed by atoms with Crippen LogP contribution < -0.4 is 5.32 Å². The topological polar surface area (TPSA) is 79.7 Å². The van der Waals surface area contributed by atoms with Crippen molar-refractivity contribution in [2.75, 3.05) is 46.3 Å². The fourth-order valence-electron chi connectivity index (χ4n) is 3.12. The number of nitriles is 1. The Morgan fingerprint density at radius 3 is 2.21 bits per heavy atom. The lowest BCUT2D eigenvalue weighted by molar-refractivity contribution is -0.136. The van der Waals surface area contributed by atoms with Gasteiger partial charge in [0.1, 0.15) is 0 Å². The summed E-state index contributed by atoms with van der Waals surface area (Å²) < 4.78 is 0. The minimum absolute atomic E-state index is 0.0374. The number of rotatable bonds is 6. The molecule has 1 aliphatic heterocycles. The molecule has 1 heterocycles. The Morgan fingerprint density at radius 2 is 1.68 bits per heavy atom. The first-order valence-electron chi connectivity index (χ1n) is 9.65. The van der Waals surface area contributed by atoms with Gasteiger partial charge in [-0.25, -0.2) is 0 Å². The minimum atomic E-state index is -0.299. The van der Waals surface area contributed by atoms with Crippen LogP contribution >= 0.6 is 0 Å². The van der Waals surface area contributed by atoms with Crippen LogP contribution in [0.2, 0.25) is 0 Å². The molecule has 0 radical (unpaired) electrons. The molecule has 0 unspecified atom stereocenters. The Bertz CT molecular complexity index is 710. The molecule has 1 N–H and O–H groups in total. The molecule has 1 aliphatic rings. The summed E-state index contributed by atoms with van der Waals surface area (Å²) in [7, 11) is 1.67. The predicted octanol–water partition coefficient (Wildman–Crippen LogP) is 1.05. The van der Waals surface area contributed by atoms with Crippen molar-refractivity contribution in [1.82, 2.24) is 20.0 Å². The second kappa shape index (κ2) is 9.67. The third kappa shape index (κ3) is 7.29. The van der Waals surface area contributed by atoms with Crippen LogP contribution in [0.3, 0.4) is 0 Å². The van der Waals surface area contributed by atoms with Crippen LogP contribution in [0, 0.1) is 11.3 Å². The van der Waals surface area contributed by atoms with Gasteiger partial charge in [-0.05, 0) is 38.5 Å². The molecular formula is C21H31N5O2. The van der Waals surface area contributed by atoms with Gasteiger partial charge in [-0.1, -0.05) is 12.1 Å². The lowest BCUT2D eigenvalue weighted by atomic mass is 10.1. The number of carbonyl (C=O) groups excluding carboxylic acids is 2. The molecule has 2 rings (SSSR count). The fourth-order valence-corrected chi connectivity index (χ4v) is 3.12. The summed E-state index contributed by atoms with van der Waals surface area (Å²) in [5.74, 6) is -0.180. The second-order valence-electron chi connectivity index (χ2n) is 8.41. The first kappa shape index (κ1) is 21.9. The van der Waals surface area contributed by atoms with Crippen molar-refractivity contribution in [2.45, 2.75) is 32.9 Å². The maximum absolute atomic E-state index is 12.4. The van der Waals surface area contributed by atoms with Crippen molar-refractivity contribution in [3.63, 3.8) is 0 Å². The molecule has 0 aromatic heterocycles. The van der Waals surface area contributed by atoms with Crippen LogP contribution in [0.15, 0.2) is 24.3 Å². The highest BCUT2D eigenvalue weighted by atomic mass is 16.2. The van der Waals surface area contributed by atoms with Gasteiger partial charge in [-0.2, -0.15) is 5.26 Å². The lowest BCUT2D eigenvalue weighted by Gasteiger charge is -2.35. The highest BCUT2D eigenvalue weighted by Gasteiger charge is 2.22. The molecule has 0 saturated carbocycles. The monoisotopic (exact) mass is 385 g/mol. The number of nitrogens with one attached hydrogen (secondary N) is 1. The Kier molecular flexibility index (Phi) is 7.55. The summed E-state index contributed by atoms with van der Waals surface area (Å²) in [5, 5.41) is 11.7. The third-order valence-electron chi connectivity index (χ3n) is 4.63. The van der Waals surface area contributed by atoms with E-state index in [-0.39, 0.29) is 23.9 Å². The third-order valence-corrected chi connectivity index (χ3v) is 4.63. The fraction of sp³-hybridized carbons (Fsp3) is 0.571. The molecule has 28 heavy (non-hydrogen) atoms. The minimum Gasteiger partial charge on any atom is -0.350 e. The summed E-state index contributed by atoms with van der Waals surface area (Å²) in [6.45, 7) is 10.5. The van der Waals surface area contributed by atoms with Crippen molar-refractivity contribution in [2.24, 2.45) is 0 Å². The average Bonchev–Trinajstić information content (AvgIpc) is 2.62. The number of amides is 2. The highest BCUT2D eigenvalue weighted by molar-refractivity contribution is 5.85. The molecule has 7 heteroatoms. The van der Waals surface area contributed by atoms with Crippen molar-refractivity contribution in [3.8, 4) is 6.07 Å². The molecule has 1 aromatic rings. The molecule has 1 fully saturated rings. The van der Waals surface area contributed by atoms with Crippen LogP contribution in [0.1, 0.15) is 31.9 Å². The predicted molar refractivity (Wildman–Crippen MR) is 108 cm³/mol. The molecule has 2 amide bonds. The van der Waals surface area contributed by atoms with E-state index in [1.807, 2.05) is 45.0 Å². The maximum atomic E-state index is 12.4. The Morgan fingerprint density at radius 1 is 1.11 bits per heavy atom. The largest absolute Gasteiger partial charge is 0.350 e. The van der Waals surface area contributed by atoms with Crippen LogP contribution in [0.25, 0.3) is 0 Å². The second-order valence-corrected chi connectivity index (χ2v) is 8.41. The average molecular weight is 386 g/mol. The van der Waals surface area contributed by atoms with E-state index in [0.717, 1.165) is 32.7 Å². The van der Waals surface area contributed by atoms with E-state index in [2.05, 4.69) is 21.2 Å². The van der Waals surface area contributed by atoms with Gasteiger partial charge in [-0.15, -0.1) is 0 Å². The number of piperazine rings is 1. The van der Waals surface area contributed by atoms with Crippen molar-refractivity contribution >= 4 is 11.8 Å². The van der Waals surface area contributed by atoms with Gasteiger partial charge in [0, 0.05) is 45.3 Å². The quantitative estimate of drug-likeness (QED) is 0.792. The molecule has 0 atom stereocenters. The van der Waals surface area contributed by atoms with Crippen molar-refractivity contribution in [1.29, 1.82) is 5.26 Å². The zero-order chi connectivity index (χ0) is 20.7. The summed E-state index contributed by atoms with van der Waals surface area (Å²) in [6, 6.07) is 9.80. The van der Waals surface area contributed by atoms with E-state index in [1.54, 1.807) is 7.05 Å².